The molecule has 0 bridgehead atoms. The Morgan fingerprint density at radius 3 is 2.81 bits per heavy atom. The van der Waals surface area contributed by atoms with E-state index in [4.69, 9.17) is 0 Å². The van der Waals surface area contributed by atoms with Gasteiger partial charge in [-0.25, -0.2) is 0 Å². The molecule has 112 valence electrons. The fourth-order valence-corrected chi connectivity index (χ4v) is 3.38. The summed E-state index contributed by atoms with van der Waals surface area (Å²) in [6, 6.07) is 5.43. The molecule has 2 amide bonds. The Bertz CT molecular complexity index is 591. The minimum Gasteiger partial charge on any atom is -0.390 e. The van der Waals surface area contributed by atoms with Crippen LogP contribution in [0.2, 0.25) is 0 Å². The largest absolute Gasteiger partial charge is 0.390 e. The van der Waals surface area contributed by atoms with Gasteiger partial charge in [-0.3, -0.25) is 9.59 Å². The highest BCUT2D eigenvalue weighted by Gasteiger charge is 2.30. The molecule has 0 saturated carbocycles. The molecule has 1 saturated heterocycles. The van der Waals surface area contributed by atoms with Crippen molar-refractivity contribution >= 4 is 29.3 Å². The van der Waals surface area contributed by atoms with Gasteiger partial charge in [-0.05, 0) is 38.0 Å². The zero-order valence-electron chi connectivity index (χ0n) is 11.9. The molecule has 0 aromatic heterocycles. The summed E-state index contributed by atoms with van der Waals surface area (Å²) >= 11 is 1.48. The lowest BCUT2D eigenvalue weighted by Gasteiger charge is -2.35. The molecule has 0 spiro atoms. The van der Waals surface area contributed by atoms with Gasteiger partial charge in [0.1, 0.15) is 0 Å². The van der Waals surface area contributed by atoms with E-state index in [1.54, 1.807) is 24.0 Å². The molecule has 21 heavy (non-hydrogen) atoms. The Hall–Kier alpha value is -1.53. The highest BCUT2D eigenvalue weighted by atomic mass is 32.2. The number of piperidine rings is 1. The van der Waals surface area contributed by atoms with Crippen LogP contribution in [0.15, 0.2) is 23.1 Å². The van der Waals surface area contributed by atoms with Gasteiger partial charge in [0, 0.05) is 23.5 Å². The average Bonchev–Trinajstić information content (AvgIpc) is 2.45. The second-order valence-corrected chi connectivity index (χ2v) is 6.85. The summed E-state index contributed by atoms with van der Waals surface area (Å²) in [6.45, 7) is 2.93. The number of amides is 2. The third-order valence-corrected chi connectivity index (χ3v) is 5.06. The van der Waals surface area contributed by atoms with Crippen LogP contribution in [0.1, 0.15) is 30.1 Å². The monoisotopic (exact) mass is 306 g/mol. The average molecular weight is 306 g/mol. The number of hydrogen-bond donors (Lipinski definition) is 2. The Morgan fingerprint density at radius 2 is 2.10 bits per heavy atom. The van der Waals surface area contributed by atoms with Crippen molar-refractivity contribution in [2.24, 2.45) is 0 Å². The SMILES string of the molecule is CC1(O)CCN(C(=O)c2ccc3c(c2)NC(=O)CS3)CC1. The Balaban J connectivity index is 1.76. The molecule has 2 aliphatic rings. The van der Waals surface area contributed by atoms with Crippen LogP contribution in [-0.4, -0.2) is 46.3 Å². The number of benzene rings is 1. The van der Waals surface area contributed by atoms with Crippen LogP contribution < -0.4 is 5.32 Å². The normalized spacial score (nSPS) is 20.7. The van der Waals surface area contributed by atoms with Gasteiger partial charge < -0.3 is 15.3 Å². The molecule has 1 fully saturated rings. The molecule has 2 heterocycles. The van der Waals surface area contributed by atoms with E-state index in [9.17, 15) is 14.7 Å². The van der Waals surface area contributed by atoms with Crippen LogP contribution in [0, 0.1) is 0 Å². The minimum atomic E-state index is -0.669. The van der Waals surface area contributed by atoms with E-state index < -0.39 is 5.60 Å². The highest BCUT2D eigenvalue weighted by molar-refractivity contribution is 8.00. The third kappa shape index (κ3) is 3.06. The van der Waals surface area contributed by atoms with Gasteiger partial charge in [-0.1, -0.05) is 0 Å². The van der Waals surface area contributed by atoms with Crippen LogP contribution in [0.25, 0.3) is 0 Å². The van der Waals surface area contributed by atoms with Crippen molar-refractivity contribution in [1.82, 2.24) is 4.90 Å². The zero-order chi connectivity index (χ0) is 15.0. The summed E-state index contributed by atoms with van der Waals surface area (Å²) < 4.78 is 0. The van der Waals surface area contributed by atoms with Crippen LogP contribution in [0.4, 0.5) is 5.69 Å². The van der Waals surface area contributed by atoms with Gasteiger partial charge >= 0.3 is 0 Å². The van der Waals surface area contributed by atoms with Gasteiger partial charge in [0.15, 0.2) is 0 Å². The lowest BCUT2D eigenvalue weighted by atomic mass is 9.93. The predicted molar refractivity (Wildman–Crippen MR) is 81.6 cm³/mol. The summed E-state index contributed by atoms with van der Waals surface area (Å²) in [5.41, 5.74) is 0.626. The molecule has 0 radical (unpaired) electrons. The fourth-order valence-electron chi connectivity index (χ4n) is 2.59. The fraction of sp³-hybridized carbons (Fsp3) is 0.467. The Morgan fingerprint density at radius 1 is 1.38 bits per heavy atom. The number of rotatable bonds is 1. The number of anilines is 1. The van der Waals surface area contributed by atoms with Crippen molar-refractivity contribution in [1.29, 1.82) is 0 Å². The van der Waals surface area contributed by atoms with Crippen molar-refractivity contribution in [2.75, 3.05) is 24.2 Å². The maximum Gasteiger partial charge on any atom is 0.253 e. The summed E-state index contributed by atoms with van der Waals surface area (Å²) in [5.74, 6) is 0.339. The number of carbonyl (C=O) groups is 2. The van der Waals surface area contributed by atoms with Gasteiger partial charge in [0.2, 0.25) is 5.91 Å². The van der Waals surface area contributed by atoms with Crippen LogP contribution in [-0.2, 0) is 4.79 Å². The smallest absolute Gasteiger partial charge is 0.253 e. The van der Waals surface area contributed by atoms with Crippen molar-refractivity contribution in [3.63, 3.8) is 0 Å². The molecule has 5 nitrogen and oxygen atoms in total. The van der Waals surface area contributed by atoms with E-state index in [1.165, 1.54) is 11.8 Å². The van der Waals surface area contributed by atoms with Crippen molar-refractivity contribution in [2.45, 2.75) is 30.3 Å². The first kappa shape index (κ1) is 14.4. The van der Waals surface area contributed by atoms with Gasteiger partial charge in [0.25, 0.3) is 5.91 Å². The van der Waals surface area contributed by atoms with Gasteiger partial charge in [0.05, 0.1) is 17.0 Å². The first-order valence-corrected chi connectivity index (χ1v) is 8.02. The van der Waals surface area contributed by atoms with Gasteiger partial charge in [-0.15, -0.1) is 11.8 Å². The Kier molecular flexibility index (Phi) is 3.67. The second-order valence-electron chi connectivity index (χ2n) is 5.84. The number of nitrogens with zero attached hydrogens (tertiary/aromatic N) is 1. The maximum atomic E-state index is 12.5. The van der Waals surface area contributed by atoms with Crippen LogP contribution >= 0.6 is 11.8 Å². The first-order valence-electron chi connectivity index (χ1n) is 7.03. The van der Waals surface area contributed by atoms with E-state index in [0.29, 0.717) is 42.9 Å². The number of likely N-dealkylation sites (tertiary alicyclic amines) is 1. The van der Waals surface area contributed by atoms with E-state index >= 15 is 0 Å². The molecule has 0 unspecified atom stereocenters. The first-order chi connectivity index (χ1) is 9.94. The van der Waals surface area contributed by atoms with Crippen LogP contribution in [0.3, 0.4) is 0 Å². The number of aliphatic hydroxyl groups is 1. The summed E-state index contributed by atoms with van der Waals surface area (Å²) in [7, 11) is 0. The number of carbonyl (C=O) groups excluding carboxylic acids is 2. The maximum absolute atomic E-state index is 12.5. The van der Waals surface area contributed by atoms with E-state index in [-0.39, 0.29) is 11.8 Å². The van der Waals surface area contributed by atoms with E-state index in [0.717, 1.165) is 4.90 Å². The van der Waals surface area contributed by atoms with Crippen molar-refractivity contribution in [3.8, 4) is 0 Å². The summed E-state index contributed by atoms with van der Waals surface area (Å²) in [4.78, 5) is 26.7. The lowest BCUT2D eigenvalue weighted by molar-refractivity contribution is -0.113. The molecule has 6 heteroatoms. The number of thioether (sulfide) groups is 1. The summed E-state index contributed by atoms with van der Waals surface area (Å²) in [6.07, 6.45) is 1.19. The third-order valence-electron chi connectivity index (χ3n) is 3.99. The molecular weight excluding hydrogens is 288 g/mol. The Labute approximate surface area is 127 Å². The number of nitrogens with one attached hydrogen (secondary N) is 1. The topological polar surface area (TPSA) is 69.6 Å². The molecule has 0 atom stereocenters. The molecule has 0 aliphatic carbocycles. The second kappa shape index (κ2) is 5.35. The zero-order valence-corrected chi connectivity index (χ0v) is 12.7. The predicted octanol–water partition coefficient (Wildman–Crippen LogP) is 1.72. The quantitative estimate of drug-likeness (QED) is 0.829. The van der Waals surface area contributed by atoms with E-state index in [2.05, 4.69) is 5.32 Å². The molecule has 2 aliphatic heterocycles. The van der Waals surface area contributed by atoms with Crippen molar-refractivity contribution < 1.29 is 14.7 Å². The van der Waals surface area contributed by atoms with Gasteiger partial charge in [-0.2, -0.15) is 0 Å². The minimum absolute atomic E-state index is 0.0360. The van der Waals surface area contributed by atoms with Crippen LogP contribution in [0.5, 0.6) is 0 Å². The number of fused-ring (bicyclic) bond motifs is 1. The molecular formula is C15H18N2O3S. The number of hydrogen-bond acceptors (Lipinski definition) is 4. The highest BCUT2D eigenvalue weighted by Crippen LogP contribution is 2.32. The summed E-state index contributed by atoms with van der Waals surface area (Å²) in [5, 5.41) is 12.7. The van der Waals surface area contributed by atoms with Crippen molar-refractivity contribution in [3.05, 3.63) is 23.8 Å². The lowest BCUT2D eigenvalue weighted by Crippen LogP contribution is -2.45. The molecule has 2 N–H and O–H groups in total. The molecule has 3 rings (SSSR count). The molecule has 1 aromatic rings. The molecule has 1 aromatic carbocycles. The standard InChI is InChI=1S/C15H18N2O3S/c1-15(20)4-6-17(7-5-15)14(19)10-2-3-12-11(8-10)16-13(18)9-21-12/h2-3,8,20H,4-7,9H2,1H3,(H,16,18). The van der Waals surface area contributed by atoms with E-state index in [1.807, 2.05) is 6.07 Å².